The van der Waals surface area contributed by atoms with Crippen molar-refractivity contribution in [3.63, 3.8) is 0 Å². The molecule has 5 heteroatoms. The molecular formula is C15H21FN2O2. The number of aliphatic hydroxyl groups excluding tert-OH is 1. The molecule has 0 aromatic heterocycles. The molecule has 0 aliphatic carbocycles. The molecule has 2 unspecified atom stereocenters. The zero-order valence-corrected chi connectivity index (χ0v) is 11.5. The van der Waals surface area contributed by atoms with E-state index in [0.29, 0.717) is 18.7 Å². The Labute approximate surface area is 118 Å². The summed E-state index contributed by atoms with van der Waals surface area (Å²) >= 11 is 0. The Morgan fingerprint density at radius 3 is 2.25 bits per heavy atom. The second-order valence-electron chi connectivity index (χ2n) is 5.26. The quantitative estimate of drug-likeness (QED) is 0.883. The molecule has 0 bridgehead atoms. The van der Waals surface area contributed by atoms with E-state index in [-0.39, 0.29) is 11.7 Å². The zero-order valence-electron chi connectivity index (χ0n) is 11.5. The molecule has 1 aromatic rings. The summed E-state index contributed by atoms with van der Waals surface area (Å²) in [5.41, 5.74) is 6.34. The summed E-state index contributed by atoms with van der Waals surface area (Å²) in [6.45, 7) is 1.39. The van der Waals surface area contributed by atoms with Crippen LogP contribution in [0.5, 0.6) is 0 Å². The standard InChI is InChI=1S/C15H21FN2O2/c16-12-7-5-11(6-8-12)14(19)13(17)15(20)18-9-3-1-2-4-10-18/h5-8,13-14,19H,1-4,9-10,17H2. The van der Waals surface area contributed by atoms with Crippen LogP contribution < -0.4 is 5.73 Å². The van der Waals surface area contributed by atoms with Gasteiger partial charge in [-0.1, -0.05) is 25.0 Å². The number of likely N-dealkylation sites (tertiary alicyclic amines) is 1. The molecule has 110 valence electrons. The molecule has 0 spiro atoms. The normalized spacial score (nSPS) is 19.2. The SMILES string of the molecule is NC(C(=O)N1CCCCCC1)C(O)c1ccc(F)cc1. The second kappa shape index (κ2) is 6.81. The van der Waals surface area contributed by atoms with E-state index in [9.17, 15) is 14.3 Å². The van der Waals surface area contributed by atoms with Gasteiger partial charge in [0.2, 0.25) is 5.91 Å². The Balaban J connectivity index is 2.03. The molecule has 1 heterocycles. The highest BCUT2D eigenvalue weighted by Gasteiger charge is 2.28. The molecule has 1 saturated heterocycles. The number of rotatable bonds is 3. The maximum atomic E-state index is 12.9. The number of carbonyl (C=O) groups excluding carboxylic acids is 1. The molecule has 1 fully saturated rings. The average molecular weight is 280 g/mol. The van der Waals surface area contributed by atoms with E-state index in [1.807, 2.05) is 0 Å². The maximum absolute atomic E-state index is 12.9. The maximum Gasteiger partial charge on any atom is 0.242 e. The summed E-state index contributed by atoms with van der Waals surface area (Å²) in [5, 5.41) is 10.2. The first-order valence-corrected chi connectivity index (χ1v) is 7.07. The van der Waals surface area contributed by atoms with Crippen molar-refractivity contribution in [3.8, 4) is 0 Å². The van der Waals surface area contributed by atoms with Crippen LogP contribution in [0.15, 0.2) is 24.3 Å². The lowest BCUT2D eigenvalue weighted by atomic mass is 10.0. The number of amides is 1. The van der Waals surface area contributed by atoms with E-state index in [0.717, 1.165) is 25.7 Å². The van der Waals surface area contributed by atoms with Crippen LogP contribution >= 0.6 is 0 Å². The predicted molar refractivity (Wildman–Crippen MR) is 74.4 cm³/mol. The number of benzene rings is 1. The number of halogens is 1. The Kier molecular flexibility index (Phi) is 5.09. The lowest BCUT2D eigenvalue weighted by Gasteiger charge is -2.26. The summed E-state index contributed by atoms with van der Waals surface area (Å²) in [5.74, 6) is -0.614. The predicted octanol–water partition coefficient (Wildman–Crippen LogP) is 1.59. The molecule has 3 N–H and O–H groups in total. The molecule has 0 saturated carbocycles. The summed E-state index contributed by atoms with van der Waals surface area (Å²) in [7, 11) is 0. The summed E-state index contributed by atoms with van der Waals surface area (Å²) in [6, 6.07) is 4.41. The molecule has 20 heavy (non-hydrogen) atoms. The van der Waals surface area contributed by atoms with Crippen molar-refractivity contribution >= 4 is 5.91 Å². The molecular weight excluding hydrogens is 259 g/mol. The number of carbonyl (C=O) groups is 1. The number of nitrogens with zero attached hydrogens (tertiary/aromatic N) is 1. The Hall–Kier alpha value is -1.46. The summed E-state index contributed by atoms with van der Waals surface area (Å²) in [6.07, 6.45) is 3.10. The lowest BCUT2D eigenvalue weighted by molar-refractivity contribution is -0.135. The Morgan fingerprint density at radius 2 is 1.70 bits per heavy atom. The highest BCUT2D eigenvalue weighted by Crippen LogP contribution is 2.19. The van der Waals surface area contributed by atoms with E-state index in [1.165, 1.54) is 24.3 Å². The second-order valence-corrected chi connectivity index (χ2v) is 5.26. The number of hydrogen-bond acceptors (Lipinski definition) is 3. The van der Waals surface area contributed by atoms with Crippen LogP contribution in [-0.4, -0.2) is 35.0 Å². The first kappa shape index (κ1) is 14.9. The van der Waals surface area contributed by atoms with Gasteiger partial charge in [-0.05, 0) is 30.5 Å². The van der Waals surface area contributed by atoms with Gasteiger partial charge < -0.3 is 15.7 Å². The van der Waals surface area contributed by atoms with Crippen molar-refractivity contribution in [2.75, 3.05) is 13.1 Å². The third-order valence-electron chi connectivity index (χ3n) is 3.75. The Bertz CT molecular complexity index is 442. The molecule has 2 rings (SSSR count). The molecule has 4 nitrogen and oxygen atoms in total. The van der Waals surface area contributed by atoms with Crippen LogP contribution in [0.3, 0.4) is 0 Å². The van der Waals surface area contributed by atoms with Crippen molar-refractivity contribution in [2.45, 2.75) is 37.8 Å². The van der Waals surface area contributed by atoms with Crippen molar-refractivity contribution in [3.05, 3.63) is 35.6 Å². The number of nitrogens with two attached hydrogens (primary N) is 1. The molecule has 2 atom stereocenters. The van der Waals surface area contributed by atoms with Crippen molar-refractivity contribution in [1.82, 2.24) is 4.90 Å². The van der Waals surface area contributed by atoms with Crippen LogP contribution in [0.2, 0.25) is 0 Å². The molecule has 1 aliphatic heterocycles. The smallest absolute Gasteiger partial charge is 0.242 e. The first-order valence-electron chi connectivity index (χ1n) is 7.07. The van der Waals surface area contributed by atoms with Gasteiger partial charge in [-0.2, -0.15) is 0 Å². The van der Waals surface area contributed by atoms with Crippen molar-refractivity contribution in [2.24, 2.45) is 5.73 Å². The summed E-state index contributed by atoms with van der Waals surface area (Å²) < 4.78 is 12.9. The minimum atomic E-state index is -1.11. The highest BCUT2D eigenvalue weighted by atomic mass is 19.1. The van der Waals surface area contributed by atoms with Crippen LogP contribution in [0.25, 0.3) is 0 Å². The first-order chi connectivity index (χ1) is 9.59. The van der Waals surface area contributed by atoms with E-state index in [2.05, 4.69) is 0 Å². The monoisotopic (exact) mass is 280 g/mol. The summed E-state index contributed by atoms with van der Waals surface area (Å²) in [4.78, 5) is 14.0. The van der Waals surface area contributed by atoms with Gasteiger partial charge in [0.15, 0.2) is 0 Å². The lowest BCUT2D eigenvalue weighted by Crippen LogP contribution is -2.47. The van der Waals surface area contributed by atoms with Crippen molar-refractivity contribution in [1.29, 1.82) is 0 Å². The molecule has 1 aromatic carbocycles. The van der Waals surface area contributed by atoms with E-state index in [1.54, 1.807) is 4.90 Å². The van der Waals surface area contributed by atoms with Gasteiger partial charge in [-0.15, -0.1) is 0 Å². The number of hydrogen-bond donors (Lipinski definition) is 2. The van der Waals surface area contributed by atoms with Gasteiger partial charge in [0.05, 0.1) is 0 Å². The van der Waals surface area contributed by atoms with E-state index in [4.69, 9.17) is 5.73 Å². The van der Waals surface area contributed by atoms with Crippen LogP contribution in [-0.2, 0) is 4.79 Å². The van der Waals surface area contributed by atoms with E-state index < -0.39 is 12.1 Å². The fraction of sp³-hybridized carbons (Fsp3) is 0.533. The topological polar surface area (TPSA) is 66.6 Å². The third-order valence-corrected chi connectivity index (χ3v) is 3.75. The van der Waals surface area contributed by atoms with Gasteiger partial charge in [-0.3, -0.25) is 4.79 Å². The van der Waals surface area contributed by atoms with Crippen LogP contribution in [0.4, 0.5) is 4.39 Å². The molecule has 0 radical (unpaired) electrons. The van der Waals surface area contributed by atoms with E-state index >= 15 is 0 Å². The third kappa shape index (κ3) is 3.55. The molecule has 1 amide bonds. The van der Waals surface area contributed by atoms with Crippen LogP contribution in [0, 0.1) is 5.82 Å². The zero-order chi connectivity index (χ0) is 14.5. The molecule has 1 aliphatic rings. The fourth-order valence-electron chi connectivity index (χ4n) is 2.50. The van der Waals surface area contributed by atoms with Gasteiger partial charge >= 0.3 is 0 Å². The average Bonchev–Trinajstić information content (AvgIpc) is 2.75. The highest BCUT2D eigenvalue weighted by molar-refractivity contribution is 5.82. The van der Waals surface area contributed by atoms with Gasteiger partial charge in [0.25, 0.3) is 0 Å². The minimum Gasteiger partial charge on any atom is -0.386 e. The fourth-order valence-corrected chi connectivity index (χ4v) is 2.50. The van der Waals surface area contributed by atoms with Crippen molar-refractivity contribution < 1.29 is 14.3 Å². The van der Waals surface area contributed by atoms with Gasteiger partial charge in [0.1, 0.15) is 18.0 Å². The van der Waals surface area contributed by atoms with Crippen LogP contribution in [0.1, 0.15) is 37.4 Å². The van der Waals surface area contributed by atoms with Gasteiger partial charge in [-0.25, -0.2) is 4.39 Å². The largest absolute Gasteiger partial charge is 0.386 e. The van der Waals surface area contributed by atoms with Gasteiger partial charge in [0, 0.05) is 13.1 Å². The number of aliphatic hydroxyl groups is 1. The Morgan fingerprint density at radius 1 is 1.15 bits per heavy atom. The minimum absolute atomic E-state index is 0.233.